The molecule has 1 spiro atoms. The average Bonchev–Trinajstić information content (AvgIpc) is 3.54. The van der Waals surface area contributed by atoms with Crippen molar-refractivity contribution in [3.8, 4) is 45.4 Å². The fourth-order valence-corrected chi connectivity index (χ4v) is 9.22. The van der Waals surface area contributed by atoms with Gasteiger partial charge in [0.1, 0.15) is 5.69 Å². The molecule has 0 bridgehead atoms. The third-order valence-corrected chi connectivity index (χ3v) is 12.2. The quantitative estimate of drug-likeness (QED) is 0.214. The van der Waals surface area contributed by atoms with Crippen LogP contribution < -0.4 is 9.47 Å². The lowest BCUT2D eigenvalue weighted by atomic mass is 9.72. The number of likely N-dealkylation sites (tertiary alicyclic amines) is 2. The number of methoxy groups -OCH3 is 2. The van der Waals surface area contributed by atoms with Gasteiger partial charge in [-0.2, -0.15) is 0 Å². The summed E-state index contributed by atoms with van der Waals surface area (Å²) in [5.41, 5.74) is 7.76. The summed E-state index contributed by atoms with van der Waals surface area (Å²) < 4.78 is 11.6. The minimum absolute atomic E-state index is 0.0991. The molecule has 276 valence electrons. The monoisotopic (exact) mass is 755 g/mol. The first-order valence-corrected chi connectivity index (χ1v) is 18.9. The van der Waals surface area contributed by atoms with Crippen molar-refractivity contribution in [2.24, 2.45) is 5.41 Å². The van der Waals surface area contributed by atoms with Crippen LogP contribution >= 0.6 is 23.2 Å². The summed E-state index contributed by atoms with van der Waals surface area (Å²) in [4.78, 5) is 46.7. The molecule has 13 heteroatoms. The summed E-state index contributed by atoms with van der Waals surface area (Å²) in [5.74, 6) is 1.33. The van der Waals surface area contributed by atoms with Gasteiger partial charge in [0.15, 0.2) is 0 Å². The summed E-state index contributed by atoms with van der Waals surface area (Å²) in [6, 6.07) is 14.1. The normalized spacial score (nSPS) is 19.5. The summed E-state index contributed by atoms with van der Waals surface area (Å²) in [6.45, 7) is 10.4. The fourth-order valence-electron chi connectivity index (χ4n) is 8.57. The Balaban J connectivity index is 1.04. The molecule has 0 N–H and O–H groups in total. The van der Waals surface area contributed by atoms with Crippen molar-refractivity contribution in [1.29, 1.82) is 0 Å². The Morgan fingerprint density at radius 3 is 1.98 bits per heavy atom. The number of nitrogens with zero attached hydrogens (tertiary/aromatic N) is 7. The van der Waals surface area contributed by atoms with Gasteiger partial charge < -0.3 is 19.3 Å². The van der Waals surface area contributed by atoms with E-state index in [1.165, 1.54) is 5.56 Å². The summed E-state index contributed by atoms with van der Waals surface area (Å²) in [7, 11) is 3.27. The Labute approximate surface area is 319 Å². The number of fused-ring (bicyclic) bond motifs is 1. The zero-order chi connectivity index (χ0) is 37.0. The molecule has 4 aliphatic rings. The molecule has 11 nitrogen and oxygen atoms in total. The molecule has 3 fully saturated rings. The molecule has 5 heterocycles. The molecule has 0 radical (unpaired) electrons. The van der Waals surface area contributed by atoms with Gasteiger partial charge in [-0.15, -0.1) is 0 Å². The summed E-state index contributed by atoms with van der Waals surface area (Å²) >= 11 is 14.4. The second kappa shape index (κ2) is 14.2. The minimum Gasteiger partial charge on any atom is -0.481 e. The maximum Gasteiger partial charge on any atom is 0.237 e. The van der Waals surface area contributed by atoms with Crippen LogP contribution in [-0.4, -0.2) is 113 Å². The van der Waals surface area contributed by atoms with Crippen LogP contribution in [0.2, 0.25) is 10.0 Å². The Hall–Kier alpha value is -4.29. The number of halogens is 2. The van der Waals surface area contributed by atoms with E-state index < -0.39 is 0 Å². The molecule has 1 aliphatic carbocycles. The number of pyridine rings is 1. The standard InChI is InChI=1S/C40H43Cl2N7O4/c1-24(50)47-15-13-46(14-16-47)19-33-38(52-3)45-32(18-43-33)30-10-6-8-28(37(30)42)27-7-5-9-29(36(27)41)31-17-26-11-12-34(35(26)39(44-31)53-4)49-22-40(23-49)20-48(21-40)25(2)51/h5-10,17-18,34H,11-16,19-23H2,1-4H3. The number of carbonyl (C=O) groups excluding carboxylic acids is 2. The Kier molecular flexibility index (Phi) is 9.55. The number of hydrogen-bond donors (Lipinski definition) is 0. The topological polar surface area (TPSA) is 104 Å². The molecule has 0 saturated carbocycles. The van der Waals surface area contributed by atoms with Crippen LogP contribution in [0, 0.1) is 5.41 Å². The highest BCUT2D eigenvalue weighted by atomic mass is 35.5. The van der Waals surface area contributed by atoms with Crippen LogP contribution in [0.25, 0.3) is 33.6 Å². The molecule has 3 saturated heterocycles. The van der Waals surface area contributed by atoms with E-state index in [9.17, 15) is 9.59 Å². The highest BCUT2D eigenvalue weighted by Gasteiger charge is 2.55. The van der Waals surface area contributed by atoms with Gasteiger partial charge in [-0.1, -0.05) is 59.6 Å². The van der Waals surface area contributed by atoms with E-state index in [1.54, 1.807) is 34.3 Å². The van der Waals surface area contributed by atoms with E-state index in [4.69, 9.17) is 47.6 Å². The lowest BCUT2D eigenvalue weighted by Gasteiger charge is -2.61. The van der Waals surface area contributed by atoms with Gasteiger partial charge in [0, 0.05) is 112 Å². The molecule has 1 unspecified atom stereocenters. The predicted octanol–water partition coefficient (Wildman–Crippen LogP) is 6.01. The van der Waals surface area contributed by atoms with E-state index in [0.29, 0.717) is 52.7 Å². The van der Waals surface area contributed by atoms with E-state index >= 15 is 0 Å². The number of piperazine rings is 1. The van der Waals surface area contributed by atoms with E-state index in [-0.39, 0.29) is 23.3 Å². The Bertz CT molecular complexity index is 2090. The van der Waals surface area contributed by atoms with Crippen molar-refractivity contribution in [2.75, 3.05) is 66.6 Å². The van der Waals surface area contributed by atoms with E-state index in [1.807, 2.05) is 46.2 Å². The number of aromatic nitrogens is 3. The predicted molar refractivity (Wildman–Crippen MR) is 204 cm³/mol. The summed E-state index contributed by atoms with van der Waals surface area (Å²) in [6.07, 6.45) is 3.67. The lowest BCUT2D eigenvalue weighted by Crippen LogP contribution is -2.72. The van der Waals surface area contributed by atoms with Gasteiger partial charge in [-0.25, -0.2) is 9.97 Å². The van der Waals surface area contributed by atoms with Crippen LogP contribution in [0.5, 0.6) is 11.8 Å². The first-order chi connectivity index (χ1) is 25.6. The van der Waals surface area contributed by atoms with Crippen molar-refractivity contribution < 1.29 is 19.1 Å². The molecule has 3 aliphatic heterocycles. The third-order valence-electron chi connectivity index (χ3n) is 11.4. The van der Waals surface area contributed by atoms with Crippen molar-refractivity contribution in [1.82, 2.24) is 34.6 Å². The van der Waals surface area contributed by atoms with Crippen LogP contribution in [0.4, 0.5) is 0 Å². The van der Waals surface area contributed by atoms with Gasteiger partial charge in [0.05, 0.1) is 41.8 Å². The van der Waals surface area contributed by atoms with Gasteiger partial charge in [-0.3, -0.25) is 24.4 Å². The molecule has 1 atom stereocenters. The number of amides is 2. The highest BCUT2D eigenvalue weighted by Crippen LogP contribution is 2.50. The summed E-state index contributed by atoms with van der Waals surface area (Å²) in [5, 5.41) is 1.05. The molecular formula is C40H43Cl2N7O4. The average molecular weight is 757 g/mol. The number of rotatable bonds is 8. The van der Waals surface area contributed by atoms with Gasteiger partial charge in [0.2, 0.25) is 23.6 Å². The highest BCUT2D eigenvalue weighted by molar-refractivity contribution is 6.39. The molecule has 2 aromatic heterocycles. The van der Waals surface area contributed by atoms with Crippen LogP contribution in [0.15, 0.2) is 48.7 Å². The smallest absolute Gasteiger partial charge is 0.237 e. The maximum absolute atomic E-state index is 11.8. The molecule has 2 amide bonds. The van der Waals surface area contributed by atoms with E-state index in [0.717, 1.165) is 85.8 Å². The molecule has 2 aromatic carbocycles. The lowest BCUT2D eigenvalue weighted by molar-refractivity contribution is -0.161. The largest absolute Gasteiger partial charge is 0.481 e. The van der Waals surface area contributed by atoms with Crippen molar-refractivity contribution >= 4 is 35.0 Å². The molecule has 53 heavy (non-hydrogen) atoms. The zero-order valence-corrected chi connectivity index (χ0v) is 32.0. The molecule has 4 aromatic rings. The SMILES string of the molecule is COc1nc(-c2cccc(-c3cccc(-c4cc5c(c(OC)n4)C(N4CC6(CN(C(C)=O)C6)C4)CC5)c3Cl)c2Cl)cnc1CN1CCN(C(C)=O)CC1. The van der Waals surface area contributed by atoms with Crippen molar-refractivity contribution in [2.45, 2.75) is 39.3 Å². The van der Waals surface area contributed by atoms with Gasteiger partial charge in [-0.05, 0) is 24.5 Å². The second-order valence-corrected chi connectivity index (χ2v) is 15.5. The number of carbonyl (C=O) groups is 2. The maximum atomic E-state index is 11.8. The first-order valence-electron chi connectivity index (χ1n) is 18.1. The van der Waals surface area contributed by atoms with Crippen molar-refractivity contribution in [3.63, 3.8) is 0 Å². The van der Waals surface area contributed by atoms with Gasteiger partial charge in [0.25, 0.3) is 0 Å². The molecular weight excluding hydrogens is 713 g/mol. The Morgan fingerprint density at radius 1 is 0.792 bits per heavy atom. The van der Waals surface area contributed by atoms with Crippen LogP contribution in [0.1, 0.15) is 43.1 Å². The van der Waals surface area contributed by atoms with Crippen LogP contribution in [0.3, 0.4) is 0 Å². The number of benzene rings is 2. The van der Waals surface area contributed by atoms with Gasteiger partial charge >= 0.3 is 0 Å². The zero-order valence-electron chi connectivity index (χ0n) is 30.5. The Morgan fingerprint density at radius 2 is 1.38 bits per heavy atom. The fraction of sp³-hybridized carbons (Fsp3) is 0.425. The van der Waals surface area contributed by atoms with E-state index in [2.05, 4.69) is 15.9 Å². The minimum atomic E-state index is 0.0991. The molecule has 8 rings (SSSR count). The number of aryl methyl sites for hydroxylation is 1. The first kappa shape index (κ1) is 35.7. The number of ether oxygens (including phenoxy) is 2. The second-order valence-electron chi connectivity index (χ2n) is 14.8. The van der Waals surface area contributed by atoms with Crippen LogP contribution in [-0.2, 0) is 22.6 Å². The number of hydrogen-bond acceptors (Lipinski definition) is 9. The third kappa shape index (κ3) is 6.51. The van der Waals surface area contributed by atoms with Crippen molar-refractivity contribution in [3.05, 3.63) is 75.5 Å².